The number of esters is 1. The molecule has 1 heterocycles. The summed E-state index contributed by atoms with van der Waals surface area (Å²) in [5, 5.41) is 0. The minimum Gasteiger partial charge on any atom is -0.461 e. The average molecular weight is 220 g/mol. The van der Waals surface area contributed by atoms with E-state index in [1.165, 1.54) is 32.1 Å². The van der Waals surface area contributed by atoms with Crippen LogP contribution in [0.4, 0.5) is 0 Å². The van der Waals surface area contributed by atoms with Crippen LogP contribution in [0.5, 0.6) is 0 Å². The first-order valence-electron chi connectivity index (χ1n) is 6.74. The Labute approximate surface area is 96.7 Å². The van der Waals surface area contributed by atoms with E-state index in [0.717, 1.165) is 11.8 Å². The Morgan fingerprint density at radius 1 is 1.12 bits per heavy atom. The smallest absolute Gasteiger partial charge is 0.312 e. The van der Waals surface area contributed by atoms with Crippen molar-refractivity contribution in [3.8, 4) is 0 Å². The van der Waals surface area contributed by atoms with Crippen LogP contribution >= 0.6 is 0 Å². The first-order chi connectivity index (χ1) is 7.53. The van der Waals surface area contributed by atoms with Gasteiger partial charge in [0.1, 0.15) is 6.10 Å². The Balaban J connectivity index is 1.87. The molecule has 0 radical (unpaired) electrons. The Hall–Kier alpha value is -0.530. The number of ether oxygens (including phenoxy) is 1. The fourth-order valence-electron chi connectivity index (χ4n) is 5.53. The lowest BCUT2D eigenvalue weighted by atomic mass is 9.43. The molecule has 0 aromatic heterocycles. The van der Waals surface area contributed by atoms with E-state index in [1.807, 2.05) is 0 Å². The van der Waals surface area contributed by atoms with Crippen LogP contribution in [-0.4, -0.2) is 12.1 Å². The second-order valence-corrected chi connectivity index (χ2v) is 7.21. The molecule has 0 aromatic rings. The third kappa shape index (κ3) is 0.822. The first kappa shape index (κ1) is 9.49. The highest BCUT2D eigenvalue weighted by Gasteiger charge is 2.70. The quantitative estimate of drug-likeness (QED) is 0.587. The van der Waals surface area contributed by atoms with E-state index < -0.39 is 0 Å². The van der Waals surface area contributed by atoms with Gasteiger partial charge in [-0.25, -0.2) is 0 Å². The molecule has 3 atom stereocenters. The van der Waals surface area contributed by atoms with E-state index in [0.29, 0.717) is 5.92 Å². The lowest BCUT2D eigenvalue weighted by Gasteiger charge is -2.60. The van der Waals surface area contributed by atoms with Crippen LogP contribution in [0.15, 0.2) is 0 Å². The molecule has 5 rings (SSSR count). The molecule has 1 saturated heterocycles. The molecule has 16 heavy (non-hydrogen) atoms. The molecule has 5 fully saturated rings. The lowest BCUT2D eigenvalue weighted by molar-refractivity contribution is -0.156. The van der Waals surface area contributed by atoms with Gasteiger partial charge in [0, 0.05) is 5.41 Å². The maximum atomic E-state index is 12.1. The van der Waals surface area contributed by atoms with Crippen LogP contribution < -0.4 is 0 Å². The molecule has 88 valence electrons. The van der Waals surface area contributed by atoms with Crippen molar-refractivity contribution in [2.45, 2.75) is 52.1 Å². The fraction of sp³-hybridized carbons (Fsp3) is 0.929. The van der Waals surface area contributed by atoms with E-state index >= 15 is 0 Å². The zero-order valence-corrected chi connectivity index (χ0v) is 10.2. The molecule has 0 N–H and O–H groups in total. The topological polar surface area (TPSA) is 26.3 Å². The minimum absolute atomic E-state index is 0.0747. The van der Waals surface area contributed by atoms with Crippen LogP contribution in [0.3, 0.4) is 0 Å². The van der Waals surface area contributed by atoms with Gasteiger partial charge in [-0.1, -0.05) is 0 Å². The number of hydrogen-bond acceptors (Lipinski definition) is 2. The zero-order valence-electron chi connectivity index (χ0n) is 10.2. The third-order valence-corrected chi connectivity index (χ3v) is 6.21. The van der Waals surface area contributed by atoms with Crippen molar-refractivity contribution < 1.29 is 9.53 Å². The van der Waals surface area contributed by atoms with Crippen molar-refractivity contribution >= 4 is 5.97 Å². The molecular formula is C14H20O2. The summed E-state index contributed by atoms with van der Waals surface area (Å²) < 4.78 is 5.77. The fourth-order valence-corrected chi connectivity index (χ4v) is 5.53. The number of hydrogen-bond donors (Lipinski definition) is 0. The second-order valence-electron chi connectivity index (χ2n) is 7.21. The maximum Gasteiger partial charge on any atom is 0.312 e. The number of carbonyl (C=O) groups is 1. The minimum atomic E-state index is -0.228. The van der Waals surface area contributed by atoms with Gasteiger partial charge in [-0.05, 0) is 63.7 Å². The number of carbonyl (C=O) groups excluding carboxylic acids is 1. The van der Waals surface area contributed by atoms with E-state index in [-0.39, 0.29) is 22.9 Å². The lowest BCUT2D eigenvalue weighted by Crippen LogP contribution is -2.58. The molecule has 2 nitrogen and oxygen atoms in total. The summed E-state index contributed by atoms with van der Waals surface area (Å²) >= 11 is 0. The average Bonchev–Trinajstić information content (AvgIpc) is 2.38. The molecule has 5 aliphatic rings. The predicted molar refractivity (Wildman–Crippen MR) is 59.6 cm³/mol. The largest absolute Gasteiger partial charge is 0.461 e. The SMILES string of the molecule is CC1(C)C(=O)O[C@@H]2C3CC4CC(C3)CC21C4. The molecule has 0 amide bonds. The van der Waals surface area contributed by atoms with Crippen LogP contribution in [0.2, 0.25) is 0 Å². The highest BCUT2D eigenvalue weighted by atomic mass is 16.6. The van der Waals surface area contributed by atoms with Crippen LogP contribution in [0.1, 0.15) is 46.0 Å². The Morgan fingerprint density at radius 3 is 2.38 bits per heavy atom. The van der Waals surface area contributed by atoms with Gasteiger partial charge in [0.05, 0.1) is 5.41 Å². The third-order valence-electron chi connectivity index (χ3n) is 6.21. The van der Waals surface area contributed by atoms with Crippen molar-refractivity contribution in [2.24, 2.45) is 28.6 Å². The van der Waals surface area contributed by atoms with Gasteiger partial charge in [-0.15, -0.1) is 0 Å². The molecule has 0 aromatic carbocycles. The maximum absolute atomic E-state index is 12.1. The van der Waals surface area contributed by atoms with Crippen molar-refractivity contribution in [1.29, 1.82) is 0 Å². The van der Waals surface area contributed by atoms with E-state index in [4.69, 9.17) is 4.74 Å². The molecule has 1 spiro atoms. The Bertz CT molecular complexity index is 357. The summed E-state index contributed by atoms with van der Waals surface area (Å²) in [6.07, 6.45) is 6.85. The van der Waals surface area contributed by atoms with Gasteiger partial charge in [-0.2, -0.15) is 0 Å². The highest BCUT2D eigenvalue weighted by molar-refractivity contribution is 5.80. The standard InChI is InChI=1S/C14H20O2/c1-13(2)12(15)16-11-10-4-8-3-9(5-10)7-14(11,13)6-8/h8-11H,3-7H2,1-2H3/t8?,9?,10?,11-,14?/m1/s1. The van der Waals surface area contributed by atoms with Gasteiger partial charge >= 0.3 is 5.97 Å². The van der Waals surface area contributed by atoms with Crippen LogP contribution in [0, 0.1) is 28.6 Å². The molecule has 4 bridgehead atoms. The summed E-state index contributed by atoms with van der Waals surface area (Å²) in [7, 11) is 0. The summed E-state index contributed by atoms with van der Waals surface area (Å²) in [6.45, 7) is 4.25. The first-order valence-corrected chi connectivity index (χ1v) is 6.74. The van der Waals surface area contributed by atoms with Crippen LogP contribution in [0.25, 0.3) is 0 Å². The van der Waals surface area contributed by atoms with E-state index in [9.17, 15) is 4.79 Å². The predicted octanol–water partition coefficient (Wildman–Crippen LogP) is 2.76. The normalized spacial score (nSPS) is 56.2. The highest BCUT2D eigenvalue weighted by Crippen LogP contribution is 2.69. The Kier molecular flexibility index (Phi) is 1.48. The molecule has 4 aliphatic carbocycles. The monoisotopic (exact) mass is 220 g/mol. The van der Waals surface area contributed by atoms with Crippen LogP contribution in [-0.2, 0) is 9.53 Å². The Morgan fingerprint density at radius 2 is 1.75 bits per heavy atom. The van der Waals surface area contributed by atoms with Crippen molar-refractivity contribution in [1.82, 2.24) is 0 Å². The van der Waals surface area contributed by atoms with Crippen molar-refractivity contribution in [3.05, 3.63) is 0 Å². The molecule has 1 aliphatic heterocycles. The summed E-state index contributed by atoms with van der Waals surface area (Å²) in [6, 6.07) is 0. The summed E-state index contributed by atoms with van der Waals surface area (Å²) in [5.41, 5.74) is -0.0213. The van der Waals surface area contributed by atoms with Crippen molar-refractivity contribution in [2.75, 3.05) is 0 Å². The molecular weight excluding hydrogens is 200 g/mol. The molecule has 2 heteroatoms. The molecule has 4 saturated carbocycles. The summed E-state index contributed by atoms with van der Waals surface area (Å²) in [5.74, 6) is 2.55. The van der Waals surface area contributed by atoms with Gasteiger partial charge in [0.2, 0.25) is 0 Å². The van der Waals surface area contributed by atoms with Crippen molar-refractivity contribution in [3.63, 3.8) is 0 Å². The van der Waals surface area contributed by atoms with Gasteiger partial charge in [0.15, 0.2) is 0 Å². The summed E-state index contributed by atoms with van der Waals surface area (Å²) in [4.78, 5) is 12.1. The van der Waals surface area contributed by atoms with Gasteiger partial charge in [0.25, 0.3) is 0 Å². The van der Waals surface area contributed by atoms with E-state index in [2.05, 4.69) is 13.8 Å². The second kappa shape index (κ2) is 2.49. The number of rotatable bonds is 0. The van der Waals surface area contributed by atoms with Gasteiger partial charge in [-0.3, -0.25) is 4.79 Å². The van der Waals surface area contributed by atoms with Gasteiger partial charge < -0.3 is 4.74 Å². The zero-order chi connectivity index (χ0) is 11.1. The van der Waals surface area contributed by atoms with E-state index in [1.54, 1.807) is 0 Å². The molecule has 2 unspecified atom stereocenters.